The zero-order chi connectivity index (χ0) is 31.1. The summed E-state index contributed by atoms with van der Waals surface area (Å²) in [5.74, 6) is 0.564. The van der Waals surface area contributed by atoms with Gasteiger partial charge in [0.15, 0.2) is 0 Å². The van der Waals surface area contributed by atoms with Crippen LogP contribution in [0.2, 0.25) is 0 Å². The van der Waals surface area contributed by atoms with Crippen LogP contribution in [0.1, 0.15) is 65.0 Å². The van der Waals surface area contributed by atoms with Gasteiger partial charge in [0.1, 0.15) is 11.4 Å². The van der Waals surface area contributed by atoms with E-state index in [1.165, 1.54) is 0 Å². The van der Waals surface area contributed by atoms with Crippen molar-refractivity contribution in [2.75, 3.05) is 13.1 Å². The molecule has 1 fully saturated rings. The lowest BCUT2D eigenvalue weighted by Gasteiger charge is -2.37. The van der Waals surface area contributed by atoms with Crippen molar-refractivity contribution in [2.24, 2.45) is 0 Å². The molecule has 0 aliphatic carbocycles. The third-order valence-corrected chi connectivity index (χ3v) is 10.8. The summed E-state index contributed by atoms with van der Waals surface area (Å²) in [5.41, 5.74) is 0.0591. The average Bonchev–Trinajstić information content (AvgIpc) is 2.96. The maximum Gasteiger partial charge on any atom is 0.506 e. The number of rotatable bonds is 10. The predicted octanol–water partition coefficient (Wildman–Crippen LogP) is 6.18. The molecule has 43 heavy (non-hydrogen) atoms. The molecule has 0 unspecified atom stereocenters. The summed E-state index contributed by atoms with van der Waals surface area (Å²) in [6, 6.07) is 25.8. The summed E-state index contributed by atoms with van der Waals surface area (Å²) < 4.78 is 19.2. The molecule has 1 aliphatic heterocycles. The van der Waals surface area contributed by atoms with Crippen molar-refractivity contribution in [3.8, 4) is 5.75 Å². The number of piperidine rings is 1. The maximum atomic E-state index is 12.9. The van der Waals surface area contributed by atoms with Crippen molar-refractivity contribution in [2.45, 2.75) is 71.5 Å². The molecule has 1 amide bonds. The van der Waals surface area contributed by atoms with E-state index < -0.39 is 25.9 Å². The number of amides is 1. The highest BCUT2D eigenvalue weighted by molar-refractivity contribution is 6.93. The lowest BCUT2D eigenvalue weighted by molar-refractivity contribution is -0.126. The first-order valence-electron chi connectivity index (χ1n) is 14.9. The van der Waals surface area contributed by atoms with Crippen LogP contribution >= 0.6 is 0 Å². The van der Waals surface area contributed by atoms with Gasteiger partial charge in [-0.1, -0.05) is 66.7 Å². The fourth-order valence-electron chi connectivity index (χ4n) is 5.41. The van der Waals surface area contributed by atoms with E-state index in [9.17, 15) is 14.7 Å². The summed E-state index contributed by atoms with van der Waals surface area (Å²) >= 11 is 0. The van der Waals surface area contributed by atoms with Gasteiger partial charge in [0.05, 0.1) is 5.60 Å². The minimum absolute atomic E-state index is 0.0230. The molecule has 1 saturated heterocycles. The van der Waals surface area contributed by atoms with Gasteiger partial charge in [0.2, 0.25) is 5.91 Å². The molecular weight excluding hydrogens is 558 g/mol. The zero-order valence-corrected chi connectivity index (χ0v) is 26.8. The van der Waals surface area contributed by atoms with Crippen molar-refractivity contribution in [3.05, 3.63) is 96.1 Å². The van der Waals surface area contributed by atoms with Gasteiger partial charge in [-0.2, -0.15) is 0 Å². The van der Waals surface area contributed by atoms with Gasteiger partial charge in [-0.15, -0.1) is 0 Å². The molecule has 1 N–H and O–H groups in total. The van der Waals surface area contributed by atoms with Gasteiger partial charge in [0, 0.05) is 36.0 Å². The van der Waals surface area contributed by atoms with Crippen LogP contribution in [0.4, 0.5) is 4.79 Å². The number of likely N-dealkylation sites (tertiary alicyclic amines) is 1. The summed E-state index contributed by atoms with van der Waals surface area (Å²) in [6.45, 7) is 11.1. The number of hydrogen-bond donors (Lipinski definition) is 1. The van der Waals surface area contributed by atoms with Crippen LogP contribution in [0.5, 0.6) is 5.75 Å². The van der Waals surface area contributed by atoms with Crippen molar-refractivity contribution in [3.63, 3.8) is 0 Å². The van der Waals surface area contributed by atoms with Gasteiger partial charge in [-0.05, 0) is 83.2 Å². The zero-order valence-electron chi connectivity index (χ0n) is 25.8. The molecule has 4 rings (SSSR count). The second kappa shape index (κ2) is 13.6. The Morgan fingerprint density at radius 2 is 1.44 bits per heavy atom. The second-order valence-corrected chi connectivity index (χ2v) is 15.3. The maximum absolute atomic E-state index is 12.9. The highest BCUT2D eigenvalue weighted by Crippen LogP contribution is 2.29. The summed E-state index contributed by atoms with van der Waals surface area (Å²) in [7, 11) is -3.31. The Labute approximate surface area is 256 Å². The Balaban J connectivity index is 1.79. The molecule has 0 atom stereocenters. The molecule has 0 saturated carbocycles. The smallest absolute Gasteiger partial charge is 0.506 e. The topological polar surface area (TPSA) is 85.3 Å². The van der Waals surface area contributed by atoms with E-state index in [1.54, 1.807) is 26.0 Å². The molecule has 1 aliphatic rings. The number of benzene rings is 3. The average molecular weight is 602 g/mol. The van der Waals surface area contributed by atoms with Crippen LogP contribution in [0.15, 0.2) is 84.9 Å². The van der Waals surface area contributed by atoms with Crippen LogP contribution < -0.4 is 14.8 Å². The van der Waals surface area contributed by atoms with Gasteiger partial charge >= 0.3 is 14.7 Å². The van der Waals surface area contributed by atoms with E-state index in [-0.39, 0.29) is 12.3 Å². The van der Waals surface area contributed by atoms with E-state index in [4.69, 9.17) is 13.6 Å². The quantitative estimate of drug-likeness (QED) is 0.170. The van der Waals surface area contributed by atoms with Crippen molar-refractivity contribution >= 4 is 37.1 Å². The Hall–Kier alpha value is -3.88. The number of carbonyl (C=O) groups excluding carboxylic acids is 1. The third-order valence-electron chi connectivity index (χ3n) is 7.19. The van der Waals surface area contributed by atoms with Crippen LogP contribution in [0.25, 0.3) is 6.08 Å². The summed E-state index contributed by atoms with van der Waals surface area (Å²) in [4.78, 5) is 26.2. The lowest BCUT2D eigenvalue weighted by Crippen LogP contribution is -2.68. The minimum atomic E-state index is -3.31. The fraction of sp³-hybridized carbons (Fsp3) is 0.371. The Morgan fingerprint density at radius 3 is 1.98 bits per heavy atom. The van der Waals surface area contributed by atoms with Crippen molar-refractivity contribution in [1.82, 2.24) is 4.90 Å². The van der Waals surface area contributed by atoms with Crippen molar-refractivity contribution in [1.29, 1.82) is 0 Å². The highest BCUT2D eigenvalue weighted by atomic mass is 28.4. The molecule has 3 aromatic rings. The Bertz CT molecular complexity index is 1370. The molecule has 228 valence electrons. The van der Waals surface area contributed by atoms with E-state index in [1.807, 2.05) is 105 Å². The predicted molar refractivity (Wildman–Crippen MR) is 172 cm³/mol. The van der Waals surface area contributed by atoms with Gasteiger partial charge in [-0.3, -0.25) is 4.79 Å². The number of hydrogen-bond acceptors (Lipinski definition) is 5. The molecule has 0 aromatic heterocycles. The molecule has 0 bridgehead atoms. The second-order valence-electron chi connectivity index (χ2n) is 12.5. The number of carboxylic acid groups (broad SMARTS) is 1. The molecule has 8 heteroatoms. The number of carbonyl (C=O) groups is 2. The van der Waals surface area contributed by atoms with Crippen molar-refractivity contribution < 1.29 is 28.3 Å². The van der Waals surface area contributed by atoms with E-state index >= 15 is 0 Å². The standard InChI is InChI=1S/C35H43NO6Si/c1-34(2,3)42-43(30-15-9-6-10-16-30,31-17-11-7-12-18-31)41-29-21-19-27(20-22-32(37)36-23-13-8-14-24-36)28(25-29)26-35(4,5)40-33(38)39/h6-7,9-12,15-22,25H,8,13-14,23-24,26H2,1-5H3,(H,38,39). The van der Waals surface area contributed by atoms with Crippen LogP contribution in [-0.4, -0.2) is 54.9 Å². The molecular formula is C35H43NO6Si. The normalized spacial score (nSPS) is 14.5. The first-order valence-corrected chi connectivity index (χ1v) is 16.7. The molecule has 0 spiro atoms. The fourth-order valence-corrected chi connectivity index (χ4v) is 8.84. The largest absolute Gasteiger partial charge is 0.514 e. The van der Waals surface area contributed by atoms with E-state index in [2.05, 4.69) is 0 Å². The first kappa shape index (κ1) is 32.0. The number of ether oxygens (including phenoxy) is 1. The number of nitrogens with zero attached hydrogens (tertiary/aromatic N) is 1. The molecule has 0 radical (unpaired) electrons. The van der Waals surface area contributed by atoms with E-state index in [0.29, 0.717) is 5.75 Å². The van der Waals surface area contributed by atoms with Crippen LogP contribution in [0, 0.1) is 0 Å². The Morgan fingerprint density at radius 1 is 0.860 bits per heavy atom. The van der Waals surface area contributed by atoms with Crippen LogP contribution in [-0.2, 0) is 20.4 Å². The summed E-state index contributed by atoms with van der Waals surface area (Å²) in [6.07, 6.45) is 5.52. The third kappa shape index (κ3) is 8.81. The van der Waals surface area contributed by atoms with Gasteiger partial charge < -0.3 is 23.6 Å². The van der Waals surface area contributed by atoms with E-state index in [0.717, 1.165) is 53.9 Å². The Kier molecular flexibility index (Phi) is 10.1. The SMILES string of the molecule is CC(C)(C)O[Si](Oc1ccc(C=CC(=O)N2CCCCC2)c(CC(C)(C)OC(=O)O)c1)(c1ccccc1)c1ccccc1. The monoisotopic (exact) mass is 601 g/mol. The van der Waals surface area contributed by atoms with Gasteiger partial charge in [-0.25, -0.2) is 4.79 Å². The minimum Gasteiger partial charge on any atom is -0.514 e. The molecule has 7 nitrogen and oxygen atoms in total. The molecule has 3 aromatic carbocycles. The molecule has 1 heterocycles. The van der Waals surface area contributed by atoms with Gasteiger partial charge in [0.25, 0.3) is 0 Å². The first-order chi connectivity index (χ1) is 20.4. The summed E-state index contributed by atoms with van der Waals surface area (Å²) in [5, 5.41) is 11.3. The van der Waals surface area contributed by atoms with Crippen LogP contribution in [0.3, 0.4) is 0 Å². The highest BCUT2D eigenvalue weighted by Gasteiger charge is 2.48. The lowest BCUT2D eigenvalue weighted by atomic mass is 9.94.